The first kappa shape index (κ1) is 18.9. The van der Waals surface area contributed by atoms with Gasteiger partial charge in [0.1, 0.15) is 0 Å². The van der Waals surface area contributed by atoms with Crippen LogP contribution < -0.4 is 0 Å². The summed E-state index contributed by atoms with van der Waals surface area (Å²) >= 11 is 0. The molecule has 1 atom stereocenters. The molecule has 2 nitrogen and oxygen atoms in total. The van der Waals surface area contributed by atoms with Crippen LogP contribution in [0, 0.1) is 0 Å². The predicted octanol–water partition coefficient (Wildman–Crippen LogP) is 4.90. The van der Waals surface area contributed by atoms with Crippen molar-refractivity contribution in [3.63, 3.8) is 0 Å². The second kappa shape index (κ2) is 8.23. The third kappa shape index (κ3) is 6.73. The Morgan fingerprint density at radius 2 is 1.79 bits per heavy atom. The quantitative estimate of drug-likeness (QED) is 0.371. The minimum absolute atomic E-state index is 0.0303. The molecular formula is C16H34O2Si. The first-order valence-electron chi connectivity index (χ1n) is 7.62. The van der Waals surface area contributed by atoms with Gasteiger partial charge in [-0.3, -0.25) is 0 Å². The minimum Gasteiger partial charge on any atom is -0.410 e. The molecular weight excluding hydrogens is 252 g/mol. The summed E-state index contributed by atoms with van der Waals surface area (Å²) in [5.74, 6) is 0. The molecule has 0 aromatic rings. The van der Waals surface area contributed by atoms with E-state index < -0.39 is 8.32 Å². The van der Waals surface area contributed by atoms with Gasteiger partial charge in [-0.2, -0.15) is 0 Å². The van der Waals surface area contributed by atoms with Crippen LogP contribution in [0.5, 0.6) is 0 Å². The van der Waals surface area contributed by atoms with Crippen LogP contribution >= 0.6 is 0 Å². The lowest BCUT2D eigenvalue weighted by molar-refractivity contribution is 0.180. The molecule has 0 aromatic heterocycles. The van der Waals surface area contributed by atoms with E-state index in [1.165, 1.54) is 19.3 Å². The van der Waals surface area contributed by atoms with Gasteiger partial charge in [-0.1, -0.05) is 60.0 Å². The Labute approximate surface area is 121 Å². The third-order valence-electron chi connectivity index (χ3n) is 4.22. The summed E-state index contributed by atoms with van der Waals surface area (Å²) in [4.78, 5) is 0. The molecule has 0 unspecified atom stereocenters. The zero-order valence-corrected chi connectivity index (χ0v) is 14.9. The van der Waals surface area contributed by atoms with Crippen LogP contribution in [0.25, 0.3) is 0 Å². The van der Waals surface area contributed by atoms with Crippen molar-refractivity contribution in [2.75, 3.05) is 6.61 Å². The van der Waals surface area contributed by atoms with E-state index in [1.807, 2.05) is 0 Å². The van der Waals surface area contributed by atoms with Gasteiger partial charge in [0, 0.05) is 0 Å². The summed E-state index contributed by atoms with van der Waals surface area (Å²) in [5.41, 5.74) is 0.835. The average molecular weight is 287 g/mol. The lowest BCUT2D eigenvalue weighted by atomic mass is 10.0. The van der Waals surface area contributed by atoms with Crippen molar-refractivity contribution in [2.24, 2.45) is 0 Å². The average Bonchev–Trinajstić information content (AvgIpc) is 2.30. The Hall–Kier alpha value is -0.123. The first-order valence-corrected chi connectivity index (χ1v) is 10.5. The molecule has 1 N–H and O–H groups in total. The van der Waals surface area contributed by atoms with Crippen LogP contribution in [0.1, 0.15) is 59.8 Å². The standard InChI is InChI=1S/C16H34O2Si/c1-8-9-10-11-12-15(14(2)13-17)18-19(6,7)16(3,4)5/h15,17H,2,8-13H2,1,3-7H3/t15-/m1/s1. The van der Waals surface area contributed by atoms with Crippen molar-refractivity contribution >= 4 is 8.32 Å². The normalized spacial score (nSPS) is 14.5. The van der Waals surface area contributed by atoms with Gasteiger partial charge in [-0.05, 0) is 30.1 Å². The number of rotatable bonds is 9. The Bertz CT molecular complexity index is 266. The highest BCUT2D eigenvalue weighted by molar-refractivity contribution is 6.74. The molecule has 0 rings (SSSR count). The SMILES string of the molecule is C=C(CO)[C@@H](CCCCCC)O[Si](C)(C)C(C)(C)C. The second-order valence-corrected chi connectivity index (χ2v) is 11.8. The lowest BCUT2D eigenvalue weighted by Crippen LogP contribution is -2.44. The summed E-state index contributed by atoms with van der Waals surface area (Å²) < 4.78 is 6.41. The smallest absolute Gasteiger partial charge is 0.192 e. The Morgan fingerprint density at radius 1 is 1.21 bits per heavy atom. The van der Waals surface area contributed by atoms with Crippen LogP contribution in [0.4, 0.5) is 0 Å². The van der Waals surface area contributed by atoms with Gasteiger partial charge in [0.2, 0.25) is 0 Å². The fraction of sp³-hybridized carbons (Fsp3) is 0.875. The van der Waals surface area contributed by atoms with Crippen LogP contribution in [0.15, 0.2) is 12.2 Å². The van der Waals surface area contributed by atoms with E-state index in [0.29, 0.717) is 0 Å². The summed E-state index contributed by atoms with van der Waals surface area (Å²) in [6.07, 6.45) is 5.94. The van der Waals surface area contributed by atoms with E-state index in [1.54, 1.807) is 0 Å². The zero-order valence-electron chi connectivity index (χ0n) is 13.9. The van der Waals surface area contributed by atoms with E-state index in [0.717, 1.165) is 18.4 Å². The highest BCUT2D eigenvalue weighted by atomic mass is 28.4. The molecule has 0 radical (unpaired) electrons. The van der Waals surface area contributed by atoms with Gasteiger partial charge in [-0.25, -0.2) is 0 Å². The van der Waals surface area contributed by atoms with Crippen molar-refractivity contribution in [1.29, 1.82) is 0 Å². The summed E-state index contributed by atoms with van der Waals surface area (Å²) in [7, 11) is -1.79. The summed E-state index contributed by atoms with van der Waals surface area (Å²) in [6.45, 7) is 17.5. The largest absolute Gasteiger partial charge is 0.410 e. The van der Waals surface area contributed by atoms with Crippen molar-refractivity contribution < 1.29 is 9.53 Å². The van der Waals surface area contributed by atoms with Crippen molar-refractivity contribution in [2.45, 2.75) is 84.0 Å². The van der Waals surface area contributed by atoms with Gasteiger partial charge >= 0.3 is 0 Å². The molecule has 0 aliphatic carbocycles. The molecule has 114 valence electrons. The van der Waals surface area contributed by atoms with Gasteiger partial charge < -0.3 is 9.53 Å². The molecule has 0 aliphatic rings. The van der Waals surface area contributed by atoms with E-state index >= 15 is 0 Å². The molecule has 0 saturated heterocycles. The number of hydrogen-bond donors (Lipinski definition) is 1. The van der Waals surface area contributed by atoms with Gasteiger partial charge in [0.15, 0.2) is 8.32 Å². The fourth-order valence-electron chi connectivity index (χ4n) is 1.74. The first-order chi connectivity index (χ1) is 8.65. The van der Waals surface area contributed by atoms with Crippen LogP contribution in [-0.4, -0.2) is 26.1 Å². The molecule has 0 heterocycles. The van der Waals surface area contributed by atoms with E-state index in [9.17, 15) is 5.11 Å². The molecule has 0 amide bonds. The van der Waals surface area contributed by atoms with Crippen LogP contribution in [0.2, 0.25) is 18.1 Å². The van der Waals surface area contributed by atoms with E-state index in [4.69, 9.17) is 4.43 Å². The minimum atomic E-state index is -1.79. The number of hydrogen-bond acceptors (Lipinski definition) is 2. The Balaban J connectivity index is 4.56. The number of aliphatic hydroxyl groups excluding tert-OH is 1. The van der Waals surface area contributed by atoms with Gasteiger partial charge in [0.25, 0.3) is 0 Å². The van der Waals surface area contributed by atoms with E-state index in [2.05, 4.69) is 47.4 Å². The monoisotopic (exact) mass is 286 g/mol. The molecule has 0 fully saturated rings. The molecule has 0 saturated carbocycles. The Morgan fingerprint density at radius 3 is 2.21 bits per heavy atom. The van der Waals surface area contributed by atoms with Gasteiger partial charge in [-0.15, -0.1) is 0 Å². The van der Waals surface area contributed by atoms with Crippen molar-refractivity contribution in [3.8, 4) is 0 Å². The molecule has 3 heteroatoms. The zero-order chi connectivity index (χ0) is 15.1. The molecule has 19 heavy (non-hydrogen) atoms. The number of aliphatic hydroxyl groups is 1. The summed E-state index contributed by atoms with van der Waals surface area (Å²) in [6, 6.07) is 0. The molecule has 0 aliphatic heterocycles. The highest BCUT2D eigenvalue weighted by Gasteiger charge is 2.39. The highest BCUT2D eigenvalue weighted by Crippen LogP contribution is 2.38. The maximum absolute atomic E-state index is 9.34. The second-order valence-electron chi connectivity index (χ2n) is 7.03. The van der Waals surface area contributed by atoms with Crippen LogP contribution in [-0.2, 0) is 4.43 Å². The van der Waals surface area contributed by atoms with Gasteiger partial charge in [0.05, 0.1) is 12.7 Å². The maximum atomic E-state index is 9.34. The third-order valence-corrected chi connectivity index (χ3v) is 8.71. The topological polar surface area (TPSA) is 29.5 Å². The van der Waals surface area contributed by atoms with Crippen LogP contribution in [0.3, 0.4) is 0 Å². The van der Waals surface area contributed by atoms with Crippen molar-refractivity contribution in [3.05, 3.63) is 12.2 Å². The number of unbranched alkanes of at least 4 members (excludes halogenated alkanes) is 3. The Kier molecular flexibility index (Phi) is 8.17. The summed E-state index contributed by atoms with van der Waals surface area (Å²) in [5, 5.41) is 9.54. The van der Waals surface area contributed by atoms with Crippen molar-refractivity contribution in [1.82, 2.24) is 0 Å². The molecule has 0 aromatic carbocycles. The maximum Gasteiger partial charge on any atom is 0.192 e. The molecule has 0 bridgehead atoms. The predicted molar refractivity (Wildman–Crippen MR) is 87.1 cm³/mol. The molecule has 0 spiro atoms. The fourth-order valence-corrected chi connectivity index (χ4v) is 3.09. The van der Waals surface area contributed by atoms with E-state index in [-0.39, 0.29) is 17.7 Å². The lowest BCUT2D eigenvalue weighted by Gasteiger charge is -2.39.